The molecule has 4 rings (SSSR count). The van der Waals surface area contributed by atoms with Gasteiger partial charge in [0.05, 0.1) is 24.3 Å². The molecule has 0 atom stereocenters. The molecule has 120 valence electrons. The molecule has 0 amide bonds. The van der Waals surface area contributed by atoms with E-state index in [1.54, 1.807) is 0 Å². The van der Waals surface area contributed by atoms with Crippen molar-refractivity contribution < 1.29 is 0 Å². The molecule has 5 heteroatoms. The largest absolute Gasteiger partial charge is 0.361 e. The summed E-state index contributed by atoms with van der Waals surface area (Å²) in [5.74, 6) is 0. The van der Waals surface area contributed by atoms with Gasteiger partial charge in [0.15, 0.2) is 0 Å². The van der Waals surface area contributed by atoms with Crippen LogP contribution in [0.4, 0.5) is 0 Å². The lowest BCUT2D eigenvalue weighted by Crippen LogP contribution is -2.23. The highest BCUT2D eigenvalue weighted by atomic mass is 35.5. The van der Waals surface area contributed by atoms with Crippen LogP contribution in [-0.2, 0) is 0 Å². The van der Waals surface area contributed by atoms with Crippen LogP contribution < -0.4 is 0 Å². The average Bonchev–Trinajstić information content (AvgIpc) is 2.72. The van der Waals surface area contributed by atoms with E-state index < -0.39 is 0 Å². The number of aliphatic imine (C=N–C) groups is 2. The molecule has 0 saturated heterocycles. The molecular weight excluding hydrogens is 341 g/mol. The minimum atomic E-state index is 0.534. The lowest BCUT2D eigenvalue weighted by atomic mass is 9.92. The number of hydrogen-bond acceptors (Lipinski definition) is 3. The first kappa shape index (κ1) is 15.4. The van der Waals surface area contributed by atoms with Gasteiger partial charge in [0.2, 0.25) is 0 Å². The SMILES string of the molecule is CN1C=NC2=C(C1)c1ccc(Cl)cc1C(c1ccccc1Cl)=NC2. The minimum absolute atomic E-state index is 0.534. The van der Waals surface area contributed by atoms with E-state index in [0.717, 1.165) is 34.6 Å². The monoisotopic (exact) mass is 355 g/mol. The van der Waals surface area contributed by atoms with Crippen molar-refractivity contribution in [2.75, 3.05) is 20.1 Å². The van der Waals surface area contributed by atoms with Crippen LogP contribution in [0.25, 0.3) is 5.57 Å². The first-order valence-corrected chi connectivity index (χ1v) is 8.45. The summed E-state index contributed by atoms with van der Waals surface area (Å²) >= 11 is 12.7. The Morgan fingerprint density at radius 1 is 1.00 bits per heavy atom. The zero-order valence-corrected chi connectivity index (χ0v) is 14.6. The summed E-state index contributed by atoms with van der Waals surface area (Å²) in [5, 5.41) is 1.37. The Morgan fingerprint density at radius 2 is 1.83 bits per heavy atom. The molecule has 0 radical (unpaired) electrons. The maximum Gasteiger partial charge on any atom is 0.0909 e. The molecule has 2 aromatic carbocycles. The fourth-order valence-corrected chi connectivity index (χ4v) is 3.50. The van der Waals surface area contributed by atoms with Crippen molar-refractivity contribution in [3.63, 3.8) is 0 Å². The van der Waals surface area contributed by atoms with Crippen LogP contribution in [0.1, 0.15) is 16.7 Å². The second kappa shape index (κ2) is 6.08. The van der Waals surface area contributed by atoms with Crippen molar-refractivity contribution in [2.45, 2.75) is 0 Å². The van der Waals surface area contributed by atoms with Crippen molar-refractivity contribution in [2.24, 2.45) is 9.98 Å². The van der Waals surface area contributed by atoms with E-state index in [-0.39, 0.29) is 0 Å². The molecule has 2 heterocycles. The molecule has 0 N–H and O–H groups in total. The number of nitrogens with zero attached hydrogens (tertiary/aromatic N) is 3. The van der Waals surface area contributed by atoms with Crippen LogP contribution in [0.3, 0.4) is 0 Å². The summed E-state index contributed by atoms with van der Waals surface area (Å²) in [6.07, 6.45) is 1.85. The summed E-state index contributed by atoms with van der Waals surface area (Å²) in [7, 11) is 2.02. The van der Waals surface area contributed by atoms with E-state index >= 15 is 0 Å². The van der Waals surface area contributed by atoms with E-state index in [1.165, 1.54) is 5.57 Å². The Balaban J connectivity index is 1.95. The Hall–Kier alpha value is -2.10. The Morgan fingerprint density at radius 3 is 2.67 bits per heavy atom. The molecule has 3 nitrogen and oxygen atoms in total. The maximum absolute atomic E-state index is 6.43. The van der Waals surface area contributed by atoms with Crippen LogP contribution in [0.2, 0.25) is 10.0 Å². The van der Waals surface area contributed by atoms with Gasteiger partial charge in [-0.05, 0) is 23.8 Å². The zero-order valence-electron chi connectivity index (χ0n) is 13.1. The van der Waals surface area contributed by atoms with Gasteiger partial charge in [0.1, 0.15) is 0 Å². The third-order valence-electron chi connectivity index (χ3n) is 4.24. The van der Waals surface area contributed by atoms with Crippen LogP contribution in [0.5, 0.6) is 0 Å². The van der Waals surface area contributed by atoms with E-state index in [1.807, 2.05) is 49.8 Å². The molecule has 0 aromatic heterocycles. The van der Waals surface area contributed by atoms with Gasteiger partial charge >= 0.3 is 0 Å². The van der Waals surface area contributed by atoms with Crippen molar-refractivity contribution in [3.05, 3.63) is 74.9 Å². The smallest absolute Gasteiger partial charge is 0.0909 e. The maximum atomic E-state index is 6.43. The van der Waals surface area contributed by atoms with Gasteiger partial charge in [0.25, 0.3) is 0 Å². The van der Waals surface area contributed by atoms with E-state index in [0.29, 0.717) is 16.6 Å². The van der Waals surface area contributed by atoms with Crippen molar-refractivity contribution in [1.29, 1.82) is 0 Å². The topological polar surface area (TPSA) is 28.0 Å². The van der Waals surface area contributed by atoms with Crippen LogP contribution >= 0.6 is 23.2 Å². The standard InChI is InChI=1S/C19H15Cl2N3/c1-24-10-16-13-7-6-12(20)8-15(13)19(22-9-18(16)23-11-24)14-4-2-3-5-17(14)21/h2-8,11H,9-10H2,1H3. The third-order valence-corrected chi connectivity index (χ3v) is 4.81. The number of likely N-dealkylation sites (N-methyl/N-ethyl adjacent to an activating group) is 1. The van der Waals surface area contributed by atoms with Gasteiger partial charge < -0.3 is 4.90 Å². The van der Waals surface area contributed by atoms with E-state index in [4.69, 9.17) is 28.2 Å². The highest BCUT2D eigenvalue weighted by Crippen LogP contribution is 2.33. The average molecular weight is 356 g/mol. The number of fused-ring (bicyclic) bond motifs is 2. The Kier molecular flexibility index (Phi) is 3.91. The van der Waals surface area contributed by atoms with Gasteiger partial charge in [-0.1, -0.05) is 47.5 Å². The van der Waals surface area contributed by atoms with Crippen LogP contribution in [0.15, 0.2) is 58.1 Å². The molecule has 0 fully saturated rings. The summed E-state index contributed by atoms with van der Waals surface area (Å²) in [5.41, 5.74) is 6.10. The number of hydrogen-bond donors (Lipinski definition) is 0. The quantitative estimate of drug-likeness (QED) is 0.738. The highest BCUT2D eigenvalue weighted by molar-refractivity contribution is 6.36. The molecule has 2 aromatic rings. The Labute approximate surface area is 150 Å². The van der Waals surface area contributed by atoms with E-state index in [9.17, 15) is 0 Å². The van der Waals surface area contributed by atoms with Gasteiger partial charge in [-0.25, -0.2) is 4.99 Å². The minimum Gasteiger partial charge on any atom is -0.361 e. The van der Waals surface area contributed by atoms with Crippen LogP contribution in [0, 0.1) is 0 Å². The summed E-state index contributed by atoms with van der Waals surface area (Å²) in [4.78, 5) is 11.5. The van der Waals surface area contributed by atoms with Gasteiger partial charge in [-0.15, -0.1) is 0 Å². The molecule has 2 aliphatic heterocycles. The fourth-order valence-electron chi connectivity index (χ4n) is 3.10. The highest BCUT2D eigenvalue weighted by Gasteiger charge is 2.24. The number of halogens is 2. The Bertz CT molecular complexity index is 913. The van der Waals surface area contributed by atoms with Crippen LogP contribution in [-0.4, -0.2) is 37.1 Å². The normalized spacial score (nSPS) is 16.5. The second-order valence-electron chi connectivity index (χ2n) is 5.92. The zero-order chi connectivity index (χ0) is 16.7. The molecule has 0 unspecified atom stereocenters. The van der Waals surface area contributed by atoms with Crippen molar-refractivity contribution in [1.82, 2.24) is 4.90 Å². The molecule has 24 heavy (non-hydrogen) atoms. The number of rotatable bonds is 1. The first-order valence-electron chi connectivity index (χ1n) is 7.69. The fraction of sp³-hybridized carbons (Fsp3) is 0.158. The number of benzene rings is 2. The molecular formula is C19H15Cl2N3. The first-order chi connectivity index (χ1) is 11.6. The second-order valence-corrected chi connectivity index (χ2v) is 6.76. The lowest BCUT2D eigenvalue weighted by molar-refractivity contribution is 0.579. The van der Waals surface area contributed by atoms with Crippen molar-refractivity contribution >= 4 is 40.8 Å². The van der Waals surface area contributed by atoms with Gasteiger partial charge in [0, 0.05) is 40.3 Å². The molecule has 0 saturated carbocycles. The van der Waals surface area contributed by atoms with Crippen molar-refractivity contribution in [3.8, 4) is 0 Å². The predicted octanol–water partition coefficient (Wildman–Crippen LogP) is 4.53. The molecule has 0 spiro atoms. The molecule has 0 aliphatic carbocycles. The van der Waals surface area contributed by atoms with Gasteiger partial charge in [-0.2, -0.15) is 0 Å². The van der Waals surface area contributed by atoms with Gasteiger partial charge in [-0.3, -0.25) is 4.99 Å². The van der Waals surface area contributed by atoms with E-state index in [2.05, 4.69) is 16.0 Å². The summed E-state index contributed by atoms with van der Waals surface area (Å²) in [6, 6.07) is 13.7. The summed E-state index contributed by atoms with van der Waals surface area (Å²) < 4.78 is 0. The molecule has 2 aliphatic rings. The lowest BCUT2D eigenvalue weighted by Gasteiger charge is -2.23. The summed E-state index contributed by atoms with van der Waals surface area (Å²) in [6.45, 7) is 1.34. The third kappa shape index (κ3) is 2.64. The predicted molar refractivity (Wildman–Crippen MR) is 101 cm³/mol. The molecule has 0 bridgehead atoms.